The van der Waals surface area contributed by atoms with Crippen molar-refractivity contribution in [3.05, 3.63) is 57.2 Å². The van der Waals surface area contributed by atoms with Crippen molar-refractivity contribution in [3.63, 3.8) is 0 Å². The molecular formula is C14H12BrN3OS. The molecule has 1 aromatic carbocycles. The van der Waals surface area contributed by atoms with Gasteiger partial charge in [0, 0.05) is 0 Å². The smallest absolute Gasteiger partial charge is 0.257 e. The first-order valence-electron chi connectivity index (χ1n) is 6.05. The van der Waals surface area contributed by atoms with Crippen molar-refractivity contribution in [2.45, 2.75) is 13.0 Å². The molecule has 0 fully saturated rings. The second-order valence-corrected chi connectivity index (χ2v) is 6.77. The van der Waals surface area contributed by atoms with E-state index in [0.29, 0.717) is 11.8 Å². The summed E-state index contributed by atoms with van der Waals surface area (Å²) in [5, 5.41) is 8.14. The van der Waals surface area contributed by atoms with Crippen molar-refractivity contribution >= 4 is 27.3 Å². The lowest BCUT2D eigenvalue weighted by molar-refractivity contribution is 0.485. The number of thiophene rings is 1. The molecule has 0 amide bonds. The number of hydrogen-bond acceptors (Lipinski definition) is 5. The van der Waals surface area contributed by atoms with Gasteiger partial charge in [-0.25, -0.2) is 0 Å². The van der Waals surface area contributed by atoms with Crippen LogP contribution in [0.3, 0.4) is 0 Å². The minimum Gasteiger partial charge on any atom is -0.418 e. The molecule has 1 atom stereocenters. The molecule has 0 saturated heterocycles. The summed E-state index contributed by atoms with van der Waals surface area (Å²) >= 11 is 5.06. The van der Waals surface area contributed by atoms with Crippen LogP contribution in [0.15, 0.2) is 44.6 Å². The Hall–Kier alpha value is -1.50. The molecule has 1 unspecified atom stereocenters. The van der Waals surface area contributed by atoms with Crippen LogP contribution in [0.5, 0.6) is 0 Å². The second kappa shape index (κ2) is 5.47. The maximum Gasteiger partial charge on any atom is 0.257 e. The molecule has 0 spiro atoms. The van der Waals surface area contributed by atoms with Crippen LogP contribution in [-0.2, 0) is 0 Å². The van der Waals surface area contributed by atoms with E-state index in [9.17, 15) is 0 Å². The molecule has 2 heterocycles. The van der Waals surface area contributed by atoms with Gasteiger partial charge < -0.3 is 10.2 Å². The molecule has 3 rings (SSSR count). The fourth-order valence-corrected chi connectivity index (χ4v) is 3.28. The zero-order valence-electron chi connectivity index (χ0n) is 10.7. The summed E-state index contributed by atoms with van der Waals surface area (Å²) in [7, 11) is 0. The van der Waals surface area contributed by atoms with Crippen LogP contribution in [0, 0.1) is 6.92 Å². The summed E-state index contributed by atoms with van der Waals surface area (Å²) in [6.07, 6.45) is 0. The Morgan fingerprint density at radius 2 is 2.00 bits per heavy atom. The van der Waals surface area contributed by atoms with Crippen molar-refractivity contribution < 1.29 is 4.42 Å². The number of aromatic nitrogens is 2. The van der Waals surface area contributed by atoms with Crippen LogP contribution >= 0.6 is 27.3 Å². The minimum atomic E-state index is -0.401. The summed E-state index contributed by atoms with van der Waals surface area (Å²) in [5.74, 6) is 0.929. The molecular weight excluding hydrogens is 338 g/mol. The van der Waals surface area contributed by atoms with Crippen molar-refractivity contribution in [2.24, 2.45) is 5.73 Å². The number of nitrogens with zero attached hydrogens (tertiary/aromatic N) is 2. The summed E-state index contributed by atoms with van der Waals surface area (Å²) in [4.78, 5) is 0.938. The monoisotopic (exact) mass is 349 g/mol. The van der Waals surface area contributed by atoms with E-state index in [-0.39, 0.29) is 0 Å². The molecule has 20 heavy (non-hydrogen) atoms. The lowest BCUT2D eigenvalue weighted by atomic mass is 10.1. The Morgan fingerprint density at radius 3 is 2.65 bits per heavy atom. The Bertz CT molecular complexity index is 704. The first-order valence-corrected chi connectivity index (χ1v) is 7.66. The van der Waals surface area contributed by atoms with E-state index in [4.69, 9.17) is 10.2 Å². The quantitative estimate of drug-likeness (QED) is 0.778. The average Bonchev–Trinajstić information content (AvgIpc) is 3.07. The predicted molar refractivity (Wildman–Crippen MR) is 82.5 cm³/mol. The highest BCUT2D eigenvalue weighted by atomic mass is 79.9. The van der Waals surface area contributed by atoms with Crippen molar-refractivity contribution in [1.82, 2.24) is 10.2 Å². The first-order chi connectivity index (χ1) is 9.65. The lowest BCUT2D eigenvalue weighted by Gasteiger charge is -2.05. The van der Waals surface area contributed by atoms with Gasteiger partial charge in [0.1, 0.15) is 6.04 Å². The molecule has 0 aliphatic heterocycles. The van der Waals surface area contributed by atoms with Gasteiger partial charge in [0.25, 0.3) is 5.89 Å². The third-order valence-corrected chi connectivity index (χ3v) is 5.06. The standard InChI is InChI=1S/C14H12BrN3OS/c1-8-7-10(20-12(8)15)13-17-18-14(19-13)11(16)9-5-3-2-4-6-9/h2-7,11H,16H2,1H3. The average molecular weight is 350 g/mol. The number of halogens is 1. The van der Waals surface area contributed by atoms with E-state index in [1.807, 2.05) is 43.3 Å². The van der Waals surface area contributed by atoms with Crippen LogP contribution in [0.1, 0.15) is 23.1 Å². The molecule has 4 nitrogen and oxygen atoms in total. The zero-order chi connectivity index (χ0) is 14.1. The number of benzene rings is 1. The van der Waals surface area contributed by atoms with Gasteiger partial charge in [-0.3, -0.25) is 0 Å². The van der Waals surface area contributed by atoms with Crippen LogP contribution in [0.2, 0.25) is 0 Å². The van der Waals surface area contributed by atoms with Gasteiger partial charge in [-0.2, -0.15) is 0 Å². The molecule has 0 aliphatic rings. The van der Waals surface area contributed by atoms with Crippen LogP contribution in [0.25, 0.3) is 10.8 Å². The molecule has 0 saturated carbocycles. The van der Waals surface area contributed by atoms with E-state index in [1.165, 1.54) is 0 Å². The summed E-state index contributed by atoms with van der Waals surface area (Å²) in [6.45, 7) is 2.02. The van der Waals surface area contributed by atoms with Gasteiger partial charge in [-0.05, 0) is 40.0 Å². The topological polar surface area (TPSA) is 64.9 Å². The number of rotatable bonds is 3. The summed E-state index contributed by atoms with van der Waals surface area (Å²) < 4.78 is 6.77. The third kappa shape index (κ3) is 2.54. The molecule has 0 aliphatic carbocycles. The molecule has 0 radical (unpaired) electrons. The molecule has 2 N–H and O–H groups in total. The van der Waals surface area contributed by atoms with E-state index >= 15 is 0 Å². The highest BCUT2D eigenvalue weighted by molar-refractivity contribution is 9.11. The molecule has 2 aromatic heterocycles. The lowest BCUT2D eigenvalue weighted by Crippen LogP contribution is -2.11. The number of aryl methyl sites for hydroxylation is 1. The highest BCUT2D eigenvalue weighted by Gasteiger charge is 2.18. The summed E-state index contributed by atoms with van der Waals surface area (Å²) in [5.41, 5.74) is 8.24. The molecule has 102 valence electrons. The second-order valence-electron chi connectivity index (χ2n) is 4.40. The fraction of sp³-hybridized carbons (Fsp3) is 0.143. The summed E-state index contributed by atoms with van der Waals surface area (Å²) in [6, 6.07) is 11.3. The third-order valence-electron chi connectivity index (χ3n) is 2.93. The Labute approximate surface area is 128 Å². The van der Waals surface area contributed by atoms with Crippen LogP contribution in [0.4, 0.5) is 0 Å². The molecule has 0 bridgehead atoms. The highest BCUT2D eigenvalue weighted by Crippen LogP contribution is 2.34. The number of nitrogens with two attached hydrogens (primary N) is 1. The van der Waals surface area contributed by atoms with Crippen molar-refractivity contribution in [2.75, 3.05) is 0 Å². The van der Waals surface area contributed by atoms with Crippen molar-refractivity contribution in [3.8, 4) is 10.8 Å². The molecule has 6 heteroatoms. The normalized spacial score (nSPS) is 12.6. The van der Waals surface area contributed by atoms with Crippen LogP contribution < -0.4 is 5.73 Å². The predicted octanol–water partition coefficient (Wildman–Crippen LogP) is 3.92. The Kier molecular flexibility index (Phi) is 3.69. The SMILES string of the molecule is Cc1cc(-c2nnc(C(N)c3ccccc3)o2)sc1Br. The maximum atomic E-state index is 6.14. The Morgan fingerprint density at radius 1 is 1.25 bits per heavy atom. The van der Waals surface area contributed by atoms with E-state index in [0.717, 1.165) is 19.8 Å². The van der Waals surface area contributed by atoms with Crippen molar-refractivity contribution in [1.29, 1.82) is 0 Å². The van der Waals surface area contributed by atoms with E-state index in [2.05, 4.69) is 26.1 Å². The number of hydrogen-bond donors (Lipinski definition) is 1. The Balaban J connectivity index is 1.90. The molecule has 3 aromatic rings. The van der Waals surface area contributed by atoms with Gasteiger partial charge >= 0.3 is 0 Å². The maximum absolute atomic E-state index is 6.14. The zero-order valence-corrected chi connectivity index (χ0v) is 13.1. The van der Waals surface area contributed by atoms with Gasteiger partial charge in [-0.15, -0.1) is 21.5 Å². The first kappa shape index (κ1) is 13.5. The van der Waals surface area contributed by atoms with Gasteiger partial charge in [-0.1, -0.05) is 30.3 Å². The van der Waals surface area contributed by atoms with Gasteiger partial charge in [0.05, 0.1) is 8.66 Å². The van der Waals surface area contributed by atoms with Gasteiger partial charge in [0.2, 0.25) is 5.89 Å². The van der Waals surface area contributed by atoms with Gasteiger partial charge in [0.15, 0.2) is 0 Å². The fourth-order valence-electron chi connectivity index (χ4n) is 1.83. The largest absolute Gasteiger partial charge is 0.418 e. The minimum absolute atomic E-state index is 0.401. The van der Waals surface area contributed by atoms with E-state index < -0.39 is 6.04 Å². The van der Waals surface area contributed by atoms with Crippen LogP contribution in [-0.4, -0.2) is 10.2 Å². The van der Waals surface area contributed by atoms with E-state index in [1.54, 1.807) is 11.3 Å².